The summed E-state index contributed by atoms with van der Waals surface area (Å²) in [5.41, 5.74) is 1.10. The molecule has 0 saturated heterocycles. The molecule has 2 aromatic rings. The predicted molar refractivity (Wildman–Crippen MR) is 92.4 cm³/mol. The third kappa shape index (κ3) is 7.32. The van der Waals surface area contributed by atoms with Crippen LogP contribution in [0.5, 0.6) is 0 Å². The lowest BCUT2D eigenvalue weighted by molar-refractivity contribution is 1.50. The third-order valence-electron chi connectivity index (χ3n) is 2.23. The van der Waals surface area contributed by atoms with Crippen molar-refractivity contribution in [1.29, 1.82) is 0 Å². The quantitative estimate of drug-likeness (QED) is 0.729. The van der Waals surface area contributed by atoms with Crippen LogP contribution in [0.25, 0.3) is 12.8 Å². The average molecular weight is 267 g/mol. The molecule has 1 nitrogen and oxygen atoms in total. The SMILES string of the molecule is C=c1ccc(=CN=Cc2ccccc2)cc1.CC.CC. The van der Waals surface area contributed by atoms with E-state index in [0.29, 0.717) is 0 Å². The second-order valence-electron chi connectivity index (χ2n) is 3.56. The van der Waals surface area contributed by atoms with Crippen molar-refractivity contribution in [3.8, 4) is 0 Å². The molecule has 106 valence electrons. The Labute approximate surface area is 123 Å². The Hall–Kier alpha value is -2.15. The first kappa shape index (κ1) is 17.8. The molecule has 0 heterocycles. The standard InChI is InChI=1S/C15H13N.2C2H6/c1-13-7-9-15(10-8-13)12-16-11-14-5-3-2-4-6-14;2*1-2/h2-12H,1H2;2*1-2H3. The molecule has 0 aliphatic carbocycles. The van der Waals surface area contributed by atoms with Crippen molar-refractivity contribution >= 4 is 19.0 Å². The summed E-state index contributed by atoms with van der Waals surface area (Å²) in [6.07, 6.45) is 3.69. The summed E-state index contributed by atoms with van der Waals surface area (Å²) in [7, 11) is 0. The lowest BCUT2D eigenvalue weighted by atomic mass is 10.2. The molecule has 1 heteroatoms. The maximum absolute atomic E-state index is 4.27. The average Bonchev–Trinajstić information content (AvgIpc) is 2.54. The Balaban J connectivity index is 0.000000829. The van der Waals surface area contributed by atoms with Crippen molar-refractivity contribution in [1.82, 2.24) is 0 Å². The van der Waals surface area contributed by atoms with Crippen molar-refractivity contribution in [3.63, 3.8) is 0 Å². The van der Waals surface area contributed by atoms with Gasteiger partial charge in [0, 0.05) is 12.4 Å². The van der Waals surface area contributed by atoms with E-state index in [9.17, 15) is 0 Å². The summed E-state index contributed by atoms with van der Waals surface area (Å²) in [6.45, 7) is 11.8. The normalized spacial score (nSPS) is 9.00. The van der Waals surface area contributed by atoms with E-state index in [1.807, 2.05) is 94.7 Å². The summed E-state index contributed by atoms with van der Waals surface area (Å²) < 4.78 is 0. The van der Waals surface area contributed by atoms with Crippen LogP contribution in [0.3, 0.4) is 0 Å². The first-order valence-corrected chi connectivity index (χ1v) is 7.18. The maximum atomic E-state index is 4.27. The minimum absolute atomic E-state index is 1.02. The van der Waals surface area contributed by atoms with Gasteiger partial charge in [0.1, 0.15) is 0 Å². The predicted octanol–water partition coefficient (Wildman–Crippen LogP) is 4.01. The van der Waals surface area contributed by atoms with Gasteiger partial charge in [0.15, 0.2) is 0 Å². The molecule has 0 atom stereocenters. The number of aliphatic imine (C=N–C) groups is 1. The molecule has 0 aromatic heterocycles. The lowest BCUT2D eigenvalue weighted by Gasteiger charge is -1.88. The van der Waals surface area contributed by atoms with Crippen LogP contribution in [0, 0.1) is 0 Å². The second-order valence-corrected chi connectivity index (χ2v) is 3.56. The topological polar surface area (TPSA) is 12.4 Å². The molecule has 0 bridgehead atoms. The Morgan fingerprint density at radius 1 is 0.800 bits per heavy atom. The van der Waals surface area contributed by atoms with E-state index < -0.39 is 0 Å². The number of rotatable bonds is 2. The summed E-state index contributed by atoms with van der Waals surface area (Å²) in [6, 6.07) is 18.0. The number of hydrogen-bond donors (Lipinski definition) is 0. The summed E-state index contributed by atoms with van der Waals surface area (Å²) in [4.78, 5) is 4.27. The minimum atomic E-state index is 1.02. The van der Waals surface area contributed by atoms with Crippen LogP contribution in [0.15, 0.2) is 59.6 Å². The van der Waals surface area contributed by atoms with Gasteiger partial charge in [-0.15, -0.1) is 0 Å². The molecule has 0 fully saturated rings. The van der Waals surface area contributed by atoms with Crippen LogP contribution in [0.2, 0.25) is 0 Å². The zero-order chi connectivity index (χ0) is 15.2. The third-order valence-corrected chi connectivity index (χ3v) is 2.23. The molecule has 0 spiro atoms. The molecular formula is C19H25N. The Morgan fingerprint density at radius 3 is 1.90 bits per heavy atom. The van der Waals surface area contributed by atoms with Gasteiger partial charge < -0.3 is 0 Å². The minimum Gasteiger partial charge on any atom is -0.263 e. The van der Waals surface area contributed by atoms with Gasteiger partial charge in [0.25, 0.3) is 0 Å². The van der Waals surface area contributed by atoms with Crippen LogP contribution in [0.1, 0.15) is 33.3 Å². The number of benzene rings is 2. The van der Waals surface area contributed by atoms with Crippen molar-refractivity contribution in [2.45, 2.75) is 27.7 Å². The molecule has 0 N–H and O–H groups in total. The summed E-state index contributed by atoms with van der Waals surface area (Å²) in [5, 5.41) is 2.10. The Bertz CT molecular complexity index is 559. The van der Waals surface area contributed by atoms with Crippen molar-refractivity contribution < 1.29 is 0 Å². The van der Waals surface area contributed by atoms with Crippen LogP contribution in [0.4, 0.5) is 0 Å². The highest BCUT2D eigenvalue weighted by Crippen LogP contribution is 1.93. The van der Waals surface area contributed by atoms with Gasteiger partial charge in [-0.25, -0.2) is 0 Å². The fourth-order valence-corrected chi connectivity index (χ4v) is 1.35. The molecule has 0 saturated carbocycles. The fourth-order valence-electron chi connectivity index (χ4n) is 1.35. The van der Waals surface area contributed by atoms with Gasteiger partial charge in [-0.1, -0.05) is 88.9 Å². The Kier molecular flexibility index (Phi) is 10.6. The molecule has 2 aromatic carbocycles. The molecule has 0 radical (unpaired) electrons. The molecule has 0 aliphatic heterocycles. The Morgan fingerprint density at radius 2 is 1.35 bits per heavy atom. The molecule has 2 rings (SSSR count). The van der Waals surface area contributed by atoms with Crippen LogP contribution in [-0.2, 0) is 0 Å². The van der Waals surface area contributed by atoms with Crippen molar-refractivity contribution in [3.05, 3.63) is 70.6 Å². The molecule has 20 heavy (non-hydrogen) atoms. The highest BCUT2D eigenvalue weighted by molar-refractivity contribution is 5.81. The van der Waals surface area contributed by atoms with E-state index in [2.05, 4.69) is 11.6 Å². The van der Waals surface area contributed by atoms with Gasteiger partial charge in [-0.2, -0.15) is 0 Å². The van der Waals surface area contributed by atoms with E-state index >= 15 is 0 Å². The molecule has 0 aliphatic rings. The zero-order valence-corrected chi connectivity index (χ0v) is 13.0. The van der Waals surface area contributed by atoms with Gasteiger partial charge in [0.2, 0.25) is 0 Å². The van der Waals surface area contributed by atoms with Gasteiger partial charge in [0.05, 0.1) is 0 Å². The first-order valence-electron chi connectivity index (χ1n) is 7.18. The first-order chi connectivity index (χ1) is 9.84. The van der Waals surface area contributed by atoms with Crippen LogP contribution >= 0.6 is 0 Å². The second kappa shape index (κ2) is 11.9. The highest BCUT2D eigenvalue weighted by atomic mass is 14.7. The summed E-state index contributed by atoms with van der Waals surface area (Å²) >= 11 is 0. The fraction of sp³-hybridized carbons (Fsp3) is 0.211. The van der Waals surface area contributed by atoms with Crippen molar-refractivity contribution in [2.24, 2.45) is 4.99 Å². The summed E-state index contributed by atoms with van der Waals surface area (Å²) in [5.74, 6) is 0. The zero-order valence-electron chi connectivity index (χ0n) is 13.0. The number of nitrogens with zero attached hydrogens (tertiary/aromatic N) is 1. The smallest absolute Gasteiger partial charge is 0.0340 e. The van der Waals surface area contributed by atoms with E-state index in [-0.39, 0.29) is 0 Å². The maximum Gasteiger partial charge on any atom is 0.0340 e. The largest absolute Gasteiger partial charge is 0.263 e. The van der Waals surface area contributed by atoms with Crippen LogP contribution < -0.4 is 10.4 Å². The van der Waals surface area contributed by atoms with Crippen molar-refractivity contribution in [2.75, 3.05) is 0 Å². The molecule has 0 amide bonds. The van der Waals surface area contributed by atoms with E-state index in [4.69, 9.17) is 0 Å². The van der Waals surface area contributed by atoms with Gasteiger partial charge >= 0.3 is 0 Å². The molecule has 0 unspecified atom stereocenters. The monoisotopic (exact) mass is 267 g/mol. The number of hydrogen-bond acceptors (Lipinski definition) is 1. The highest BCUT2D eigenvalue weighted by Gasteiger charge is 1.81. The van der Waals surface area contributed by atoms with Gasteiger partial charge in [-0.3, -0.25) is 4.99 Å². The van der Waals surface area contributed by atoms with Gasteiger partial charge in [-0.05, 0) is 16.0 Å². The van der Waals surface area contributed by atoms with E-state index in [1.54, 1.807) is 0 Å². The van der Waals surface area contributed by atoms with E-state index in [1.165, 1.54) is 0 Å². The van der Waals surface area contributed by atoms with Crippen LogP contribution in [-0.4, -0.2) is 6.21 Å². The molecular weight excluding hydrogens is 242 g/mol. The van der Waals surface area contributed by atoms with E-state index in [0.717, 1.165) is 16.0 Å². The lowest BCUT2D eigenvalue weighted by Crippen LogP contribution is -2.04.